The Balaban J connectivity index is 1.69. The quantitative estimate of drug-likeness (QED) is 0.723. The average Bonchev–Trinajstić information content (AvgIpc) is 2.73. The number of carbonyl (C=O) groups is 2. The Bertz CT molecular complexity index is 926. The Morgan fingerprint density at radius 2 is 1.74 bits per heavy atom. The number of carbonyl (C=O) groups excluding carboxylic acids is 2. The molecule has 3 rings (SSSR count). The molecule has 0 saturated carbocycles. The number of benzene rings is 2. The number of rotatable bonds is 6. The van der Waals surface area contributed by atoms with Crippen LogP contribution in [-0.2, 0) is 20.5 Å². The van der Waals surface area contributed by atoms with Crippen molar-refractivity contribution < 1.29 is 32.2 Å². The van der Waals surface area contributed by atoms with E-state index in [0.29, 0.717) is 43.4 Å². The molecule has 0 atom stereocenters. The number of ether oxygens (including phenoxy) is 2. The molecule has 166 valence electrons. The van der Waals surface area contributed by atoms with Gasteiger partial charge in [-0.2, -0.15) is 13.2 Å². The molecule has 2 amide bonds. The first-order valence-electron chi connectivity index (χ1n) is 9.56. The summed E-state index contributed by atoms with van der Waals surface area (Å²) in [6.45, 7) is 2.90. The molecule has 1 aliphatic rings. The molecular weight excluding hydrogens is 415 g/mol. The molecular formula is C21H22F3N3O4. The van der Waals surface area contributed by atoms with Gasteiger partial charge in [0.05, 0.1) is 30.2 Å². The van der Waals surface area contributed by atoms with Gasteiger partial charge in [0.25, 0.3) is 5.91 Å². The van der Waals surface area contributed by atoms with Gasteiger partial charge in [-0.25, -0.2) is 0 Å². The predicted octanol–water partition coefficient (Wildman–Crippen LogP) is 3.52. The SMILES string of the molecule is CC(=O)Nc1ccc(OCC(=O)Nc2cc(C(F)(F)F)ccc2N2CCOCC2)cc1. The van der Waals surface area contributed by atoms with Crippen LogP contribution in [0.1, 0.15) is 12.5 Å². The Labute approximate surface area is 177 Å². The third kappa shape index (κ3) is 6.35. The van der Waals surface area contributed by atoms with Crippen molar-refractivity contribution in [2.45, 2.75) is 13.1 Å². The minimum atomic E-state index is -4.53. The zero-order chi connectivity index (χ0) is 22.4. The van der Waals surface area contributed by atoms with Crippen molar-refractivity contribution in [2.75, 3.05) is 48.4 Å². The molecule has 0 spiro atoms. The van der Waals surface area contributed by atoms with E-state index in [2.05, 4.69) is 10.6 Å². The van der Waals surface area contributed by atoms with Gasteiger partial charge >= 0.3 is 6.18 Å². The summed E-state index contributed by atoms with van der Waals surface area (Å²) in [5.74, 6) is -0.438. The molecule has 10 heteroatoms. The minimum absolute atomic E-state index is 0.0614. The van der Waals surface area contributed by atoms with Crippen LogP contribution in [-0.4, -0.2) is 44.7 Å². The Morgan fingerprint density at radius 1 is 1.06 bits per heavy atom. The second-order valence-electron chi connectivity index (χ2n) is 6.87. The van der Waals surface area contributed by atoms with E-state index >= 15 is 0 Å². The molecule has 0 radical (unpaired) electrons. The van der Waals surface area contributed by atoms with Crippen LogP contribution < -0.4 is 20.3 Å². The van der Waals surface area contributed by atoms with Gasteiger partial charge in [-0.3, -0.25) is 9.59 Å². The van der Waals surface area contributed by atoms with E-state index in [1.807, 2.05) is 4.90 Å². The lowest BCUT2D eigenvalue weighted by Gasteiger charge is -2.31. The molecule has 0 aliphatic carbocycles. The van der Waals surface area contributed by atoms with Crippen LogP contribution in [0, 0.1) is 0 Å². The summed E-state index contributed by atoms with van der Waals surface area (Å²) in [5, 5.41) is 5.13. The number of hydrogen-bond acceptors (Lipinski definition) is 5. The largest absolute Gasteiger partial charge is 0.484 e. The lowest BCUT2D eigenvalue weighted by Crippen LogP contribution is -2.37. The highest BCUT2D eigenvalue weighted by Crippen LogP contribution is 2.35. The van der Waals surface area contributed by atoms with Gasteiger partial charge in [0.15, 0.2) is 6.61 Å². The third-order valence-electron chi connectivity index (χ3n) is 4.49. The summed E-state index contributed by atoms with van der Waals surface area (Å²) in [6.07, 6.45) is -4.53. The van der Waals surface area contributed by atoms with Crippen molar-refractivity contribution in [2.24, 2.45) is 0 Å². The molecule has 1 aliphatic heterocycles. The number of morpholine rings is 1. The molecule has 7 nitrogen and oxygen atoms in total. The molecule has 2 aromatic rings. The Kier molecular flexibility index (Phi) is 7.01. The molecule has 1 heterocycles. The van der Waals surface area contributed by atoms with Gasteiger partial charge in [0, 0.05) is 25.7 Å². The first kappa shape index (κ1) is 22.4. The van der Waals surface area contributed by atoms with E-state index in [0.717, 1.165) is 12.1 Å². The van der Waals surface area contributed by atoms with Gasteiger partial charge in [-0.05, 0) is 42.5 Å². The van der Waals surface area contributed by atoms with Crippen LogP contribution >= 0.6 is 0 Å². The molecule has 0 bridgehead atoms. The summed E-state index contributed by atoms with van der Waals surface area (Å²) in [5.41, 5.74) is 0.272. The highest BCUT2D eigenvalue weighted by Gasteiger charge is 2.32. The van der Waals surface area contributed by atoms with E-state index < -0.39 is 24.3 Å². The number of amides is 2. The lowest BCUT2D eigenvalue weighted by molar-refractivity contribution is -0.137. The van der Waals surface area contributed by atoms with Crippen molar-refractivity contribution in [1.82, 2.24) is 0 Å². The van der Waals surface area contributed by atoms with Crippen LogP contribution in [0.3, 0.4) is 0 Å². The molecule has 31 heavy (non-hydrogen) atoms. The minimum Gasteiger partial charge on any atom is -0.484 e. The standard InChI is InChI=1S/C21H22F3N3O4/c1-14(28)25-16-3-5-17(6-4-16)31-13-20(29)26-18-12-15(21(22,23)24)2-7-19(18)27-8-10-30-11-9-27/h2-7,12H,8-11,13H2,1H3,(H,25,28)(H,26,29). The fraction of sp³-hybridized carbons (Fsp3) is 0.333. The van der Waals surface area contributed by atoms with Crippen LogP contribution in [0.5, 0.6) is 5.75 Å². The first-order valence-corrected chi connectivity index (χ1v) is 9.56. The summed E-state index contributed by atoms with van der Waals surface area (Å²) < 4.78 is 50.2. The maximum Gasteiger partial charge on any atom is 0.416 e. The number of halogens is 3. The summed E-state index contributed by atoms with van der Waals surface area (Å²) in [4.78, 5) is 25.3. The van der Waals surface area contributed by atoms with Crippen molar-refractivity contribution in [3.8, 4) is 5.75 Å². The van der Waals surface area contributed by atoms with Crippen LogP contribution in [0.2, 0.25) is 0 Å². The van der Waals surface area contributed by atoms with Crippen LogP contribution in [0.25, 0.3) is 0 Å². The fourth-order valence-electron chi connectivity index (χ4n) is 3.07. The molecule has 0 aromatic heterocycles. The van der Waals surface area contributed by atoms with Crippen molar-refractivity contribution in [3.63, 3.8) is 0 Å². The van der Waals surface area contributed by atoms with Crippen molar-refractivity contribution in [1.29, 1.82) is 0 Å². The van der Waals surface area contributed by atoms with E-state index in [4.69, 9.17) is 9.47 Å². The normalized spacial score (nSPS) is 14.1. The van der Waals surface area contributed by atoms with Gasteiger partial charge in [-0.15, -0.1) is 0 Å². The van der Waals surface area contributed by atoms with E-state index in [-0.39, 0.29) is 11.6 Å². The predicted molar refractivity (Wildman–Crippen MR) is 109 cm³/mol. The maximum absolute atomic E-state index is 13.2. The van der Waals surface area contributed by atoms with Gasteiger partial charge in [-0.1, -0.05) is 0 Å². The monoisotopic (exact) mass is 437 g/mol. The lowest BCUT2D eigenvalue weighted by atomic mass is 10.1. The smallest absolute Gasteiger partial charge is 0.416 e. The van der Waals surface area contributed by atoms with Gasteiger partial charge < -0.3 is 25.0 Å². The zero-order valence-electron chi connectivity index (χ0n) is 16.8. The molecule has 1 saturated heterocycles. The molecule has 2 aromatic carbocycles. The van der Waals surface area contributed by atoms with Crippen LogP contribution in [0.15, 0.2) is 42.5 Å². The van der Waals surface area contributed by atoms with E-state index in [1.165, 1.54) is 13.0 Å². The number of hydrogen-bond donors (Lipinski definition) is 2. The Hall–Kier alpha value is -3.27. The number of nitrogens with zero attached hydrogens (tertiary/aromatic N) is 1. The zero-order valence-corrected chi connectivity index (χ0v) is 16.8. The maximum atomic E-state index is 13.2. The second kappa shape index (κ2) is 9.69. The Morgan fingerprint density at radius 3 is 2.35 bits per heavy atom. The first-order chi connectivity index (χ1) is 14.7. The summed E-state index contributed by atoms with van der Waals surface area (Å²) >= 11 is 0. The number of alkyl halides is 3. The number of anilines is 3. The summed E-state index contributed by atoms with van der Waals surface area (Å²) in [6, 6.07) is 9.63. The van der Waals surface area contributed by atoms with E-state index in [9.17, 15) is 22.8 Å². The fourth-order valence-corrected chi connectivity index (χ4v) is 3.07. The third-order valence-corrected chi connectivity index (χ3v) is 4.49. The topological polar surface area (TPSA) is 79.9 Å². The van der Waals surface area contributed by atoms with Crippen molar-refractivity contribution in [3.05, 3.63) is 48.0 Å². The molecule has 2 N–H and O–H groups in total. The van der Waals surface area contributed by atoms with Gasteiger partial charge in [0.2, 0.25) is 5.91 Å². The second-order valence-corrected chi connectivity index (χ2v) is 6.87. The highest BCUT2D eigenvalue weighted by molar-refractivity contribution is 5.95. The highest BCUT2D eigenvalue weighted by atomic mass is 19.4. The molecule has 0 unspecified atom stereocenters. The number of nitrogens with one attached hydrogen (secondary N) is 2. The van der Waals surface area contributed by atoms with Gasteiger partial charge in [0.1, 0.15) is 5.75 Å². The van der Waals surface area contributed by atoms with Crippen molar-refractivity contribution >= 4 is 28.9 Å². The average molecular weight is 437 g/mol. The molecule has 1 fully saturated rings. The van der Waals surface area contributed by atoms with Crippen LogP contribution in [0.4, 0.5) is 30.2 Å². The summed E-state index contributed by atoms with van der Waals surface area (Å²) in [7, 11) is 0. The van der Waals surface area contributed by atoms with E-state index in [1.54, 1.807) is 24.3 Å².